The Bertz CT molecular complexity index is 478. The van der Waals surface area contributed by atoms with E-state index in [2.05, 4.69) is 5.32 Å². The van der Waals surface area contributed by atoms with E-state index in [9.17, 15) is 8.42 Å². The molecule has 1 aliphatic carbocycles. The van der Waals surface area contributed by atoms with Crippen LogP contribution in [0.4, 0.5) is 5.69 Å². The molecule has 0 amide bonds. The van der Waals surface area contributed by atoms with Crippen molar-refractivity contribution in [2.45, 2.75) is 23.8 Å². The largest absolute Gasteiger partial charge is 0.393 e. The van der Waals surface area contributed by atoms with Gasteiger partial charge in [0.25, 0.3) is 0 Å². The van der Waals surface area contributed by atoms with Crippen LogP contribution in [-0.4, -0.2) is 26.2 Å². The van der Waals surface area contributed by atoms with Crippen molar-refractivity contribution >= 4 is 15.7 Å². The zero-order chi connectivity index (χ0) is 12.5. The van der Waals surface area contributed by atoms with Gasteiger partial charge in [0.05, 0.1) is 11.0 Å². The summed E-state index contributed by atoms with van der Waals surface area (Å²) in [6.45, 7) is 0.797. The van der Waals surface area contributed by atoms with Crippen LogP contribution >= 0.6 is 0 Å². The van der Waals surface area contributed by atoms with Crippen molar-refractivity contribution in [1.82, 2.24) is 0 Å². The first kappa shape index (κ1) is 12.3. The molecule has 1 aromatic carbocycles. The van der Waals surface area contributed by atoms with Crippen LogP contribution < -0.4 is 10.5 Å². The lowest BCUT2D eigenvalue weighted by atomic mass is 9.82. The normalized spacial score (nSPS) is 24.1. The van der Waals surface area contributed by atoms with Gasteiger partial charge >= 0.3 is 0 Å². The number of rotatable bonds is 4. The highest BCUT2D eigenvalue weighted by atomic mass is 32.2. The molecule has 1 aromatic rings. The van der Waals surface area contributed by atoms with Crippen LogP contribution in [0.5, 0.6) is 0 Å². The number of sulfonamides is 1. The lowest BCUT2D eigenvalue weighted by Crippen LogP contribution is -2.33. The molecule has 0 spiro atoms. The van der Waals surface area contributed by atoms with E-state index in [1.165, 1.54) is 12.1 Å². The predicted molar refractivity (Wildman–Crippen MR) is 65.0 cm³/mol. The van der Waals surface area contributed by atoms with Crippen molar-refractivity contribution in [3.8, 4) is 0 Å². The maximum atomic E-state index is 11.0. The van der Waals surface area contributed by atoms with Crippen molar-refractivity contribution in [1.29, 1.82) is 0 Å². The van der Waals surface area contributed by atoms with Crippen molar-refractivity contribution in [3.05, 3.63) is 24.3 Å². The van der Waals surface area contributed by atoms with Gasteiger partial charge < -0.3 is 10.4 Å². The number of benzene rings is 1. The topological polar surface area (TPSA) is 92.4 Å². The highest BCUT2D eigenvalue weighted by Gasteiger charge is 2.26. The highest BCUT2D eigenvalue weighted by Crippen LogP contribution is 2.27. The summed E-state index contributed by atoms with van der Waals surface area (Å²) in [7, 11) is -3.61. The fraction of sp³-hybridized carbons (Fsp3) is 0.455. The second-order valence-electron chi connectivity index (χ2n) is 4.44. The van der Waals surface area contributed by atoms with Crippen LogP contribution in [0.1, 0.15) is 12.8 Å². The van der Waals surface area contributed by atoms with Crippen molar-refractivity contribution in [2.75, 3.05) is 11.9 Å². The van der Waals surface area contributed by atoms with Gasteiger partial charge in [0, 0.05) is 12.2 Å². The molecule has 1 fully saturated rings. The second kappa shape index (κ2) is 4.64. The Morgan fingerprint density at radius 2 is 1.88 bits per heavy atom. The summed E-state index contributed by atoms with van der Waals surface area (Å²) in [6, 6.07) is 6.34. The summed E-state index contributed by atoms with van der Waals surface area (Å²) in [5.41, 5.74) is 0.860. The van der Waals surface area contributed by atoms with Crippen molar-refractivity contribution in [2.24, 2.45) is 11.1 Å². The van der Waals surface area contributed by atoms with Crippen molar-refractivity contribution < 1.29 is 13.5 Å². The number of hydrogen-bond acceptors (Lipinski definition) is 4. The van der Waals surface area contributed by atoms with E-state index in [0.717, 1.165) is 25.1 Å². The molecule has 0 unspecified atom stereocenters. The zero-order valence-electron chi connectivity index (χ0n) is 9.33. The van der Waals surface area contributed by atoms with Gasteiger partial charge in [0.1, 0.15) is 0 Å². The lowest BCUT2D eigenvalue weighted by Gasteiger charge is -2.31. The standard InChI is InChI=1S/C11H16N2O3S/c12-17(15,16)11-3-1-9(2-4-11)13-7-8-5-10(14)6-8/h1-4,8,10,13-14H,5-7H2,(H2,12,15,16). The molecule has 0 saturated heterocycles. The van der Waals surface area contributed by atoms with Gasteiger partial charge in [0.15, 0.2) is 0 Å². The molecule has 0 bridgehead atoms. The molecule has 0 aliphatic heterocycles. The molecule has 17 heavy (non-hydrogen) atoms. The average Bonchev–Trinajstić information content (AvgIpc) is 2.22. The van der Waals surface area contributed by atoms with E-state index in [1.54, 1.807) is 12.1 Å². The molecule has 0 aromatic heterocycles. The first-order chi connectivity index (χ1) is 7.95. The van der Waals surface area contributed by atoms with E-state index >= 15 is 0 Å². The first-order valence-corrected chi connectivity index (χ1v) is 7.04. The maximum absolute atomic E-state index is 11.0. The Hall–Kier alpha value is -1.11. The molecular formula is C11H16N2O3S. The number of primary sulfonamides is 1. The molecule has 1 saturated carbocycles. The number of aliphatic hydroxyl groups excluding tert-OH is 1. The SMILES string of the molecule is NS(=O)(=O)c1ccc(NCC2CC(O)C2)cc1. The molecule has 6 heteroatoms. The van der Waals surface area contributed by atoms with Gasteiger partial charge in [-0.15, -0.1) is 0 Å². The minimum Gasteiger partial charge on any atom is -0.393 e. The van der Waals surface area contributed by atoms with Crippen molar-refractivity contribution in [3.63, 3.8) is 0 Å². The Morgan fingerprint density at radius 3 is 2.35 bits per heavy atom. The van der Waals surface area contributed by atoms with Gasteiger partial charge in [-0.05, 0) is 43.0 Å². The lowest BCUT2D eigenvalue weighted by molar-refractivity contribution is 0.0487. The number of anilines is 1. The summed E-state index contributed by atoms with van der Waals surface area (Å²) in [6.07, 6.45) is 1.52. The molecule has 1 aliphatic rings. The zero-order valence-corrected chi connectivity index (χ0v) is 10.2. The summed E-state index contributed by atoms with van der Waals surface area (Å²) in [4.78, 5) is 0.113. The van der Waals surface area contributed by atoms with E-state index in [0.29, 0.717) is 5.92 Å². The summed E-state index contributed by atoms with van der Waals surface area (Å²) < 4.78 is 22.1. The van der Waals surface area contributed by atoms with Crippen LogP contribution in [0.25, 0.3) is 0 Å². The van der Waals surface area contributed by atoms with E-state index in [1.807, 2.05) is 0 Å². The molecule has 0 atom stereocenters. The number of hydrogen-bond donors (Lipinski definition) is 3. The molecule has 0 heterocycles. The van der Waals surface area contributed by atoms with E-state index < -0.39 is 10.0 Å². The molecular weight excluding hydrogens is 240 g/mol. The van der Waals surface area contributed by atoms with Crippen LogP contribution in [0.15, 0.2) is 29.2 Å². The van der Waals surface area contributed by atoms with Crippen LogP contribution in [-0.2, 0) is 10.0 Å². The highest BCUT2D eigenvalue weighted by molar-refractivity contribution is 7.89. The smallest absolute Gasteiger partial charge is 0.238 e. The summed E-state index contributed by atoms with van der Waals surface area (Å²) in [5, 5.41) is 17.3. The Kier molecular flexibility index (Phi) is 3.37. The minimum absolute atomic E-state index is 0.113. The Labute approximate surface area is 101 Å². The Balaban J connectivity index is 1.90. The second-order valence-corrected chi connectivity index (χ2v) is 6.00. The van der Waals surface area contributed by atoms with Gasteiger partial charge in [-0.25, -0.2) is 13.6 Å². The fourth-order valence-electron chi connectivity index (χ4n) is 1.89. The summed E-state index contributed by atoms with van der Waals surface area (Å²) in [5.74, 6) is 0.503. The van der Waals surface area contributed by atoms with Crippen LogP contribution in [0.2, 0.25) is 0 Å². The number of aliphatic hydroxyl groups is 1. The average molecular weight is 256 g/mol. The monoisotopic (exact) mass is 256 g/mol. The molecule has 0 radical (unpaired) electrons. The van der Waals surface area contributed by atoms with E-state index in [4.69, 9.17) is 10.2 Å². The molecule has 5 nitrogen and oxygen atoms in total. The van der Waals surface area contributed by atoms with Gasteiger partial charge in [-0.3, -0.25) is 0 Å². The van der Waals surface area contributed by atoms with Crippen LogP contribution in [0, 0.1) is 5.92 Å². The summed E-state index contributed by atoms with van der Waals surface area (Å²) >= 11 is 0. The minimum atomic E-state index is -3.61. The first-order valence-electron chi connectivity index (χ1n) is 5.50. The van der Waals surface area contributed by atoms with Gasteiger partial charge in [-0.1, -0.05) is 0 Å². The molecule has 94 valence electrons. The predicted octanol–water partition coefficient (Wildman–Crippen LogP) is 0.517. The number of nitrogens with two attached hydrogens (primary N) is 1. The maximum Gasteiger partial charge on any atom is 0.238 e. The van der Waals surface area contributed by atoms with Crippen LogP contribution in [0.3, 0.4) is 0 Å². The third kappa shape index (κ3) is 3.18. The third-order valence-corrected chi connectivity index (χ3v) is 3.92. The van der Waals surface area contributed by atoms with E-state index in [-0.39, 0.29) is 11.0 Å². The molecule has 2 rings (SSSR count). The number of nitrogens with one attached hydrogen (secondary N) is 1. The quantitative estimate of drug-likeness (QED) is 0.732. The fourth-order valence-corrected chi connectivity index (χ4v) is 2.41. The van der Waals surface area contributed by atoms with Gasteiger partial charge in [-0.2, -0.15) is 0 Å². The Morgan fingerprint density at radius 1 is 1.29 bits per heavy atom. The molecule has 4 N–H and O–H groups in total. The third-order valence-electron chi connectivity index (χ3n) is 2.99. The van der Waals surface area contributed by atoms with Gasteiger partial charge in [0.2, 0.25) is 10.0 Å².